The molecule has 1 aromatic carbocycles. The number of hydrogen-bond donors (Lipinski definition) is 1. The molecule has 0 radical (unpaired) electrons. The van der Waals surface area contributed by atoms with E-state index in [1.807, 2.05) is 23.6 Å². The lowest BCUT2D eigenvalue weighted by Gasteiger charge is -2.03. The number of hydrogen-bond acceptors (Lipinski definition) is 5. The van der Waals surface area contributed by atoms with Crippen LogP contribution in [0.15, 0.2) is 35.8 Å². The Balaban J connectivity index is 2.11. The van der Waals surface area contributed by atoms with Crippen LogP contribution >= 0.6 is 22.9 Å². The molecule has 110 valence electrons. The molecule has 0 saturated heterocycles. The Morgan fingerprint density at radius 3 is 2.77 bits per heavy atom. The molecule has 2 N–H and O–H groups in total. The second-order valence-electron chi connectivity index (χ2n) is 4.56. The quantitative estimate of drug-likeness (QED) is 0.798. The van der Waals surface area contributed by atoms with Gasteiger partial charge >= 0.3 is 0 Å². The highest BCUT2D eigenvalue weighted by Crippen LogP contribution is 2.32. The summed E-state index contributed by atoms with van der Waals surface area (Å²) in [5.74, 6) is -0.0287. The van der Waals surface area contributed by atoms with E-state index in [4.69, 9.17) is 17.3 Å². The van der Waals surface area contributed by atoms with Gasteiger partial charge in [0.25, 0.3) is 5.91 Å². The van der Waals surface area contributed by atoms with E-state index in [0.717, 1.165) is 11.3 Å². The van der Waals surface area contributed by atoms with Crippen LogP contribution in [-0.4, -0.2) is 20.9 Å². The summed E-state index contributed by atoms with van der Waals surface area (Å²) >= 11 is 7.56. The first-order chi connectivity index (χ1) is 10.6. The average Bonchev–Trinajstić information content (AvgIpc) is 2.97. The highest BCUT2D eigenvalue weighted by Gasteiger charge is 2.17. The standard InChI is InChI=1S/C15H11ClN4OS/c1-8-18-6-10(14(17)21)13(19-8)15-20-12(7-22-15)9-4-2-3-5-11(9)16/h2-7H,1H3,(H2,17,21). The van der Waals surface area contributed by atoms with Crippen molar-refractivity contribution in [2.24, 2.45) is 5.73 Å². The summed E-state index contributed by atoms with van der Waals surface area (Å²) in [6.07, 6.45) is 1.43. The lowest BCUT2D eigenvalue weighted by molar-refractivity contribution is 0.1000. The van der Waals surface area contributed by atoms with Crippen LogP contribution in [0, 0.1) is 6.92 Å². The predicted octanol–water partition coefficient (Wildman–Crippen LogP) is 3.33. The number of thiazole rings is 1. The van der Waals surface area contributed by atoms with E-state index in [0.29, 0.717) is 21.5 Å². The first kappa shape index (κ1) is 14.6. The van der Waals surface area contributed by atoms with Crippen LogP contribution in [0.2, 0.25) is 5.02 Å². The lowest BCUT2D eigenvalue weighted by Crippen LogP contribution is -2.14. The Hall–Kier alpha value is -2.31. The summed E-state index contributed by atoms with van der Waals surface area (Å²) in [4.78, 5) is 24.4. The molecule has 2 aromatic heterocycles. The molecule has 1 amide bonds. The van der Waals surface area contributed by atoms with Crippen molar-refractivity contribution < 1.29 is 4.79 Å². The van der Waals surface area contributed by atoms with E-state index in [1.54, 1.807) is 13.0 Å². The second kappa shape index (κ2) is 5.82. The number of benzene rings is 1. The number of halogens is 1. The summed E-state index contributed by atoms with van der Waals surface area (Å²) in [6.45, 7) is 1.75. The monoisotopic (exact) mass is 330 g/mol. The van der Waals surface area contributed by atoms with Gasteiger partial charge in [-0.3, -0.25) is 4.79 Å². The molecule has 0 bridgehead atoms. The molecule has 0 saturated carbocycles. The molecule has 0 fully saturated rings. The number of aromatic nitrogens is 3. The largest absolute Gasteiger partial charge is 0.365 e. The maximum absolute atomic E-state index is 11.5. The van der Waals surface area contributed by atoms with Gasteiger partial charge in [0, 0.05) is 22.2 Å². The minimum atomic E-state index is -0.579. The zero-order valence-electron chi connectivity index (χ0n) is 11.6. The Morgan fingerprint density at radius 2 is 2.05 bits per heavy atom. The number of nitrogens with zero attached hydrogens (tertiary/aromatic N) is 3. The zero-order valence-corrected chi connectivity index (χ0v) is 13.1. The maximum Gasteiger partial charge on any atom is 0.252 e. The van der Waals surface area contributed by atoms with Gasteiger partial charge in [0.2, 0.25) is 0 Å². The number of primary amides is 1. The van der Waals surface area contributed by atoms with Gasteiger partial charge < -0.3 is 5.73 Å². The number of rotatable bonds is 3. The molecule has 3 rings (SSSR count). The topological polar surface area (TPSA) is 81.8 Å². The van der Waals surface area contributed by atoms with Crippen molar-refractivity contribution in [3.05, 3.63) is 52.3 Å². The third-order valence-electron chi connectivity index (χ3n) is 3.03. The van der Waals surface area contributed by atoms with Gasteiger partial charge in [0.15, 0.2) is 0 Å². The van der Waals surface area contributed by atoms with Gasteiger partial charge in [-0.25, -0.2) is 15.0 Å². The van der Waals surface area contributed by atoms with Crippen molar-refractivity contribution in [2.75, 3.05) is 0 Å². The van der Waals surface area contributed by atoms with Crippen molar-refractivity contribution >= 4 is 28.8 Å². The minimum Gasteiger partial charge on any atom is -0.365 e. The summed E-state index contributed by atoms with van der Waals surface area (Å²) in [6, 6.07) is 7.45. The van der Waals surface area contributed by atoms with Crippen LogP contribution in [0.1, 0.15) is 16.2 Å². The number of carbonyl (C=O) groups is 1. The van der Waals surface area contributed by atoms with Crippen LogP contribution in [0.3, 0.4) is 0 Å². The fourth-order valence-corrected chi connectivity index (χ4v) is 3.04. The van der Waals surface area contributed by atoms with Gasteiger partial charge in [-0.2, -0.15) is 0 Å². The number of nitrogens with two attached hydrogens (primary N) is 1. The van der Waals surface area contributed by atoms with Crippen molar-refractivity contribution in [3.8, 4) is 22.0 Å². The molecule has 0 unspecified atom stereocenters. The van der Waals surface area contributed by atoms with Crippen LogP contribution < -0.4 is 5.73 Å². The third kappa shape index (κ3) is 2.70. The van der Waals surface area contributed by atoms with Crippen LogP contribution in [0.4, 0.5) is 0 Å². The van der Waals surface area contributed by atoms with Crippen molar-refractivity contribution in [2.45, 2.75) is 6.92 Å². The average molecular weight is 331 g/mol. The first-order valence-electron chi connectivity index (χ1n) is 6.40. The number of aryl methyl sites for hydroxylation is 1. The lowest BCUT2D eigenvalue weighted by atomic mass is 10.2. The molecule has 0 spiro atoms. The number of carbonyl (C=O) groups excluding carboxylic acids is 1. The molecule has 0 aliphatic rings. The van der Waals surface area contributed by atoms with Crippen LogP contribution in [0.25, 0.3) is 22.0 Å². The van der Waals surface area contributed by atoms with E-state index in [1.165, 1.54) is 17.5 Å². The molecule has 22 heavy (non-hydrogen) atoms. The summed E-state index contributed by atoms with van der Waals surface area (Å²) in [5, 5.41) is 3.10. The predicted molar refractivity (Wildman–Crippen MR) is 86.8 cm³/mol. The molecular weight excluding hydrogens is 320 g/mol. The van der Waals surface area contributed by atoms with Gasteiger partial charge in [-0.1, -0.05) is 29.8 Å². The van der Waals surface area contributed by atoms with Crippen LogP contribution in [0.5, 0.6) is 0 Å². The maximum atomic E-state index is 11.5. The highest BCUT2D eigenvalue weighted by molar-refractivity contribution is 7.13. The van der Waals surface area contributed by atoms with Crippen LogP contribution in [-0.2, 0) is 0 Å². The summed E-state index contributed by atoms with van der Waals surface area (Å²) < 4.78 is 0. The fourth-order valence-electron chi connectivity index (χ4n) is 1.99. The molecule has 7 heteroatoms. The second-order valence-corrected chi connectivity index (χ2v) is 5.83. The van der Waals surface area contributed by atoms with E-state index in [9.17, 15) is 4.79 Å². The van der Waals surface area contributed by atoms with Crippen molar-refractivity contribution in [3.63, 3.8) is 0 Å². The first-order valence-corrected chi connectivity index (χ1v) is 7.66. The molecule has 3 aromatic rings. The fraction of sp³-hybridized carbons (Fsp3) is 0.0667. The van der Waals surface area contributed by atoms with Crippen molar-refractivity contribution in [1.82, 2.24) is 15.0 Å². The normalized spacial score (nSPS) is 10.6. The Kier molecular flexibility index (Phi) is 3.87. The minimum absolute atomic E-state index is 0.255. The molecule has 2 heterocycles. The molecule has 5 nitrogen and oxygen atoms in total. The zero-order chi connectivity index (χ0) is 15.7. The van der Waals surface area contributed by atoms with Gasteiger partial charge in [-0.15, -0.1) is 11.3 Å². The Bertz CT molecular complexity index is 862. The molecular formula is C15H11ClN4OS. The van der Waals surface area contributed by atoms with Gasteiger partial charge in [0.1, 0.15) is 16.5 Å². The Labute approximate surface area is 135 Å². The third-order valence-corrected chi connectivity index (χ3v) is 4.21. The number of amides is 1. The molecule has 0 aliphatic carbocycles. The molecule has 0 atom stereocenters. The molecule has 0 aliphatic heterocycles. The Morgan fingerprint density at radius 1 is 1.27 bits per heavy atom. The van der Waals surface area contributed by atoms with E-state index < -0.39 is 5.91 Å². The summed E-state index contributed by atoms with van der Waals surface area (Å²) in [7, 11) is 0. The highest BCUT2D eigenvalue weighted by atomic mass is 35.5. The smallest absolute Gasteiger partial charge is 0.252 e. The van der Waals surface area contributed by atoms with E-state index >= 15 is 0 Å². The van der Waals surface area contributed by atoms with E-state index in [-0.39, 0.29) is 5.56 Å². The van der Waals surface area contributed by atoms with Gasteiger partial charge in [0.05, 0.1) is 11.3 Å². The SMILES string of the molecule is Cc1ncc(C(N)=O)c(-c2nc(-c3ccccc3Cl)cs2)n1. The summed E-state index contributed by atoms with van der Waals surface area (Å²) in [5.41, 5.74) is 7.65. The van der Waals surface area contributed by atoms with E-state index in [2.05, 4.69) is 15.0 Å². The van der Waals surface area contributed by atoms with Gasteiger partial charge in [-0.05, 0) is 13.0 Å². The van der Waals surface area contributed by atoms with Crippen molar-refractivity contribution in [1.29, 1.82) is 0 Å².